The molecule has 0 aliphatic rings. The third kappa shape index (κ3) is 3.75. The summed E-state index contributed by atoms with van der Waals surface area (Å²) in [4.78, 5) is 0. The third-order valence-electron chi connectivity index (χ3n) is 2.21. The van der Waals surface area contributed by atoms with Gasteiger partial charge in [0, 0.05) is 0 Å². The average molecular weight is 190 g/mol. The molecular weight excluding hydrogens is 172 g/mol. The molecule has 0 aliphatic heterocycles. The van der Waals surface area contributed by atoms with E-state index in [4.69, 9.17) is 4.74 Å². The predicted octanol–water partition coefficient (Wildman–Crippen LogP) is 3.56. The fraction of sp³-hybridized carbons (Fsp3) is 0.385. The Kier molecular flexibility index (Phi) is 5.02. The van der Waals surface area contributed by atoms with E-state index in [1.54, 1.807) is 0 Å². The molecule has 0 spiro atoms. The fourth-order valence-electron chi connectivity index (χ4n) is 1.33. The summed E-state index contributed by atoms with van der Waals surface area (Å²) in [6.07, 6.45) is 4.20. The Bertz CT molecular complexity index is 253. The zero-order chi connectivity index (χ0) is 10.2. The van der Waals surface area contributed by atoms with Gasteiger partial charge < -0.3 is 4.74 Å². The van der Waals surface area contributed by atoms with Gasteiger partial charge in [-0.1, -0.05) is 43.3 Å². The van der Waals surface area contributed by atoms with Crippen molar-refractivity contribution in [3.05, 3.63) is 48.6 Å². The van der Waals surface area contributed by atoms with Gasteiger partial charge in [-0.3, -0.25) is 0 Å². The smallest absolute Gasteiger partial charge is 0.0720 e. The van der Waals surface area contributed by atoms with Crippen molar-refractivity contribution in [2.75, 3.05) is 0 Å². The van der Waals surface area contributed by atoms with Gasteiger partial charge in [0.05, 0.1) is 12.7 Å². The topological polar surface area (TPSA) is 9.23 Å². The summed E-state index contributed by atoms with van der Waals surface area (Å²) in [6.45, 7) is 6.56. The standard InChI is InChI=1S/C13H18O/c1-3-8-13(4-2)14-11-12-9-6-5-7-10-12/h3,5-7,9-10,13H,1,4,8,11H2,2H3/t13-/m1/s1. The van der Waals surface area contributed by atoms with Crippen LogP contribution in [0, 0.1) is 0 Å². The lowest BCUT2D eigenvalue weighted by Crippen LogP contribution is -2.10. The molecular formula is C13H18O. The van der Waals surface area contributed by atoms with Crippen LogP contribution in [0.4, 0.5) is 0 Å². The van der Waals surface area contributed by atoms with Gasteiger partial charge in [-0.25, -0.2) is 0 Å². The van der Waals surface area contributed by atoms with Gasteiger partial charge in [0.1, 0.15) is 0 Å². The molecule has 0 amide bonds. The lowest BCUT2D eigenvalue weighted by Gasteiger charge is -2.13. The molecule has 1 aromatic carbocycles. The van der Waals surface area contributed by atoms with Crippen LogP contribution in [0.5, 0.6) is 0 Å². The molecule has 76 valence electrons. The highest BCUT2D eigenvalue weighted by atomic mass is 16.5. The molecule has 0 bridgehead atoms. The van der Waals surface area contributed by atoms with Crippen LogP contribution < -0.4 is 0 Å². The van der Waals surface area contributed by atoms with E-state index in [1.807, 2.05) is 24.3 Å². The van der Waals surface area contributed by atoms with Crippen molar-refractivity contribution in [2.45, 2.75) is 32.5 Å². The maximum atomic E-state index is 5.75. The van der Waals surface area contributed by atoms with Crippen molar-refractivity contribution in [1.82, 2.24) is 0 Å². The summed E-state index contributed by atoms with van der Waals surface area (Å²) in [5, 5.41) is 0. The largest absolute Gasteiger partial charge is 0.373 e. The monoisotopic (exact) mass is 190 g/mol. The molecule has 1 rings (SSSR count). The summed E-state index contributed by atoms with van der Waals surface area (Å²) < 4.78 is 5.75. The predicted molar refractivity (Wildman–Crippen MR) is 60.1 cm³/mol. The Morgan fingerprint density at radius 2 is 2.07 bits per heavy atom. The molecule has 1 heteroatoms. The van der Waals surface area contributed by atoms with Gasteiger partial charge in [-0.05, 0) is 18.4 Å². The molecule has 0 saturated heterocycles. The number of hydrogen-bond acceptors (Lipinski definition) is 1. The second kappa shape index (κ2) is 6.39. The third-order valence-corrected chi connectivity index (χ3v) is 2.21. The summed E-state index contributed by atoms with van der Waals surface area (Å²) in [7, 11) is 0. The quantitative estimate of drug-likeness (QED) is 0.623. The molecule has 0 aliphatic carbocycles. The van der Waals surface area contributed by atoms with Crippen LogP contribution in [0.2, 0.25) is 0 Å². The SMILES string of the molecule is C=CC[C@@H](CC)OCc1ccccc1. The van der Waals surface area contributed by atoms with E-state index in [-0.39, 0.29) is 0 Å². The highest BCUT2D eigenvalue weighted by molar-refractivity contribution is 5.13. The van der Waals surface area contributed by atoms with Gasteiger partial charge in [0.15, 0.2) is 0 Å². The van der Waals surface area contributed by atoms with Crippen LogP contribution in [0.25, 0.3) is 0 Å². The van der Waals surface area contributed by atoms with E-state index in [0.29, 0.717) is 12.7 Å². The Balaban J connectivity index is 2.35. The van der Waals surface area contributed by atoms with Crippen LogP contribution in [0.15, 0.2) is 43.0 Å². The lowest BCUT2D eigenvalue weighted by molar-refractivity contribution is 0.0403. The van der Waals surface area contributed by atoms with Crippen molar-refractivity contribution in [3.8, 4) is 0 Å². The molecule has 14 heavy (non-hydrogen) atoms. The number of benzene rings is 1. The molecule has 0 aromatic heterocycles. The average Bonchev–Trinajstić information content (AvgIpc) is 2.25. The van der Waals surface area contributed by atoms with Crippen molar-refractivity contribution in [1.29, 1.82) is 0 Å². The van der Waals surface area contributed by atoms with Crippen LogP contribution in [-0.2, 0) is 11.3 Å². The molecule has 1 nitrogen and oxygen atoms in total. The first-order valence-electron chi connectivity index (χ1n) is 5.13. The Labute approximate surface area is 86.4 Å². The number of hydrogen-bond donors (Lipinski definition) is 0. The van der Waals surface area contributed by atoms with E-state index in [1.165, 1.54) is 5.56 Å². The van der Waals surface area contributed by atoms with E-state index in [0.717, 1.165) is 12.8 Å². The minimum absolute atomic E-state index is 0.313. The van der Waals surface area contributed by atoms with Gasteiger partial charge >= 0.3 is 0 Å². The number of rotatable bonds is 6. The zero-order valence-corrected chi connectivity index (χ0v) is 8.78. The molecule has 0 fully saturated rings. The lowest BCUT2D eigenvalue weighted by atomic mass is 10.2. The first-order chi connectivity index (χ1) is 6.86. The van der Waals surface area contributed by atoms with E-state index >= 15 is 0 Å². The molecule has 0 N–H and O–H groups in total. The fourth-order valence-corrected chi connectivity index (χ4v) is 1.33. The molecule has 1 atom stereocenters. The molecule has 0 heterocycles. The first kappa shape index (κ1) is 11.0. The second-order valence-electron chi connectivity index (χ2n) is 3.35. The Hall–Kier alpha value is -1.08. The van der Waals surface area contributed by atoms with Crippen molar-refractivity contribution < 1.29 is 4.74 Å². The van der Waals surface area contributed by atoms with Crippen LogP contribution in [0.1, 0.15) is 25.3 Å². The zero-order valence-electron chi connectivity index (χ0n) is 8.78. The van der Waals surface area contributed by atoms with Crippen molar-refractivity contribution >= 4 is 0 Å². The van der Waals surface area contributed by atoms with Crippen LogP contribution in [0.3, 0.4) is 0 Å². The van der Waals surface area contributed by atoms with Crippen LogP contribution >= 0.6 is 0 Å². The second-order valence-corrected chi connectivity index (χ2v) is 3.35. The molecule has 1 aromatic rings. The highest BCUT2D eigenvalue weighted by Gasteiger charge is 2.03. The number of ether oxygens (including phenoxy) is 1. The first-order valence-corrected chi connectivity index (χ1v) is 5.13. The highest BCUT2D eigenvalue weighted by Crippen LogP contribution is 2.08. The molecule has 0 unspecified atom stereocenters. The van der Waals surface area contributed by atoms with Crippen molar-refractivity contribution in [2.24, 2.45) is 0 Å². The Morgan fingerprint density at radius 3 is 2.64 bits per heavy atom. The summed E-state index contributed by atoms with van der Waals surface area (Å²) >= 11 is 0. The Morgan fingerprint density at radius 1 is 1.36 bits per heavy atom. The van der Waals surface area contributed by atoms with E-state index in [9.17, 15) is 0 Å². The minimum atomic E-state index is 0.313. The van der Waals surface area contributed by atoms with Gasteiger partial charge in [-0.15, -0.1) is 6.58 Å². The summed E-state index contributed by atoms with van der Waals surface area (Å²) in [5.74, 6) is 0. The van der Waals surface area contributed by atoms with E-state index < -0.39 is 0 Å². The molecule has 0 saturated carbocycles. The van der Waals surface area contributed by atoms with E-state index in [2.05, 4.69) is 25.6 Å². The van der Waals surface area contributed by atoms with Gasteiger partial charge in [-0.2, -0.15) is 0 Å². The van der Waals surface area contributed by atoms with Gasteiger partial charge in [0.25, 0.3) is 0 Å². The van der Waals surface area contributed by atoms with Gasteiger partial charge in [0.2, 0.25) is 0 Å². The maximum absolute atomic E-state index is 5.75. The maximum Gasteiger partial charge on any atom is 0.0720 e. The van der Waals surface area contributed by atoms with Crippen LogP contribution in [-0.4, -0.2) is 6.10 Å². The summed E-state index contributed by atoms with van der Waals surface area (Å²) in [5.41, 5.74) is 1.23. The van der Waals surface area contributed by atoms with Crippen molar-refractivity contribution in [3.63, 3.8) is 0 Å². The molecule has 0 radical (unpaired) electrons. The summed E-state index contributed by atoms with van der Waals surface area (Å²) in [6, 6.07) is 10.3. The normalized spacial score (nSPS) is 12.4. The minimum Gasteiger partial charge on any atom is -0.373 e.